The Morgan fingerprint density at radius 3 is 2.59 bits per heavy atom. The van der Waals surface area contributed by atoms with Crippen LogP contribution in [0.3, 0.4) is 0 Å². The minimum Gasteiger partial charge on any atom is -0.768 e. The SMILES string of the molecule is CCC(CCCl)C(c1ccc(S(=O)[O-])s1)c1ccnn1-c1ccc(O)cc1. The molecule has 0 aliphatic carbocycles. The van der Waals surface area contributed by atoms with Crippen LogP contribution in [0.25, 0.3) is 5.69 Å². The number of phenols is 1. The number of phenolic OH excluding ortho intramolecular Hbond substituents is 1. The van der Waals surface area contributed by atoms with E-state index in [4.69, 9.17) is 11.6 Å². The van der Waals surface area contributed by atoms with Gasteiger partial charge in [-0.15, -0.1) is 22.9 Å². The predicted octanol–water partition coefficient (Wildman–Crippen LogP) is 4.66. The van der Waals surface area contributed by atoms with Crippen molar-refractivity contribution in [2.24, 2.45) is 5.92 Å². The molecule has 2 heterocycles. The van der Waals surface area contributed by atoms with Crippen molar-refractivity contribution in [3.8, 4) is 11.4 Å². The number of aromatic nitrogens is 2. The molecule has 0 radical (unpaired) electrons. The highest BCUT2D eigenvalue weighted by atomic mass is 35.5. The van der Waals surface area contributed by atoms with Crippen LogP contribution in [-0.2, 0) is 11.1 Å². The first-order valence-corrected chi connectivity index (χ1v) is 11.1. The van der Waals surface area contributed by atoms with E-state index in [1.54, 1.807) is 36.5 Å². The van der Waals surface area contributed by atoms with Gasteiger partial charge >= 0.3 is 0 Å². The summed E-state index contributed by atoms with van der Waals surface area (Å²) in [5, 5.41) is 14.0. The molecule has 0 bridgehead atoms. The van der Waals surface area contributed by atoms with Crippen LogP contribution >= 0.6 is 22.9 Å². The highest BCUT2D eigenvalue weighted by Gasteiger charge is 2.28. The lowest BCUT2D eigenvalue weighted by atomic mass is 9.84. The van der Waals surface area contributed by atoms with Crippen molar-refractivity contribution in [1.82, 2.24) is 9.78 Å². The van der Waals surface area contributed by atoms with Crippen LogP contribution in [0.15, 0.2) is 52.9 Å². The van der Waals surface area contributed by atoms with E-state index in [0.29, 0.717) is 10.1 Å². The van der Waals surface area contributed by atoms with Gasteiger partial charge in [0.2, 0.25) is 0 Å². The molecule has 0 aliphatic rings. The number of rotatable bonds is 8. The van der Waals surface area contributed by atoms with Gasteiger partial charge in [0.1, 0.15) is 5.75 Å². The minimum atomic E-state index is -2.24. The first-order chi connectivity index (χ1) is 13.0. The van der Waals surface area contributed by atoms with E-state index in [-0.39, 0.29) is 17.6 Å². The summed E-state index contributed by atoms with van der Waals surface area (Å²) in [7, 11) is 0. The maximum absolute atomic E-state index is 11.4. The van der Waals surface area contributed by atoms with E-state index in [1.165, 1.54) is 11.3 Å². The van der Waals surface area contributed by atoms with Gasteiger partial charge in [-0.3, -0.25) is 4.21 Å². The van der Waals surface area contributed by atoms with Crippen LogP contribution in [0.2, 0.25) is 0 Å². The molecule has 1 N–H and O–H groups in total. The first-order valence-electron chi connectivity index (χ1n) is 8.63. The molecule has 0 saturated heterocycles. The fourth-order valence-electron chi connectivity index (χ4n) is 3.32. The Labute approximate surface area is 169 Å². The first kappa shape index (κ1) is 20.1. The summed E-state index contributed by atoms with van der Waals surface area (Å²) >= 11 is 5.10. The molecule has 2 aromatic heterocycles. The summed E-state index contributed by atoms with van der Waals surface area (Å²) < 4.78 is 24.9. The number of aromatic hydroxyl groups is 1. The zero-order valence-corrected chi connectivity index (χ0v) is 17.1. The van der Waals surface area contributed by atoms with Crippen molar-refractivity contribution in [3.63, 3.8) is 0 Å². The Hall–Kier alpha value is -1.67. The van der Waals surface area contributed by atoms with Crippen molar-refractivity contribution in [2.75, 3.05) is 5.88 Å². The highest BCUT2D eigenvalue weighted by molar-refractivity contribution is 7.81. The lowest BCUT2D eigenvalue weighted by Gasteiger charge is -2.26. The molecule has 8 heteroatoms. The molecule has 3 unspecified atom stereocenters. The average molecular weight is 424 g/mol. The van der Waals surface area contributed by atoms with Crippen LogP contribution in [0.5, 0.6) is 5.75 Å². The topological polar surface area (TPSA) is 78.2 Å². The van der Waals surface area contributed by atoms with Crippen molar-refractivity contribution in [3.05, 3.63) is 59.2 Å². The maximum atomic E-state index is 11.4. The van der Waals surface area contributed by atoms with Gasteiger partial charge in [0, 0.05) is 22.9 Å². The fourth-order valence-corrected chi connectivity index (χ4v) is 5.28. The molecule has 5 nitrogen and oxygen atoms in total. The van der Waals surface area contributed by atoms with Gasteiger partial charge in [-0.1, -0.05) is 13.3 Å². The largest absolute Gasteiger partial charge is 0.768 e. The molecule has 0 aliphatic heterocycles. The maximum Gasteiger partial charge on any atom is 0.115 e. The zero-order chi connectivity index (χ0) is 19.4. The lowest BCUT2D eigenvalue weighted by Crippen LogP contribution is -2.17. The Bertz CT molecular complexity index is 908. The van der Waals surface area contributed by atoms with Crippen LogP contribution in [-0.4, -0.2) is 29.5 Å². The van der Waals surface area contributed by atoms with E-state index in [1.807, 2.05) is 16.8 Å². The third-order valence-electron chi connectivity index (χ3n) is 4.63. The minimum absolute atomic E-state index is 0.0210. The van der Waals surface area contributed by atoms with Crippen molar-refractivity contribution in [1.29, 1.82) is 0 Å². The molecular formula is C19H20ClN2O3S2-. The number of halogens is 1. The number of hydrogen-bond donors (Lipinski definition) is 1. The predicted molar refractivity (Wildman–Crippen MR) is 108 cm³/mol. The summed E-state index contributed by atoms with van der Waals surface area (Å²) in [4.78, 5) is 0.978. The quantitative estimate of drug-likeness (QED) is 0.422. The molecule has 3 aromatic rings. The summed E-state index contributed by atoms with van der Waals surface area (Å²) in [5.74, 6) is 0.959. The molecule has 1 aromatic carbocycles. The standard InChI is InChI=1S/C19H21ClN2O3S2/c1-2-13(9-11-20)19(17-7-8-18(26-17)27(24)25)16-10-12-21-22(16)14-3-5-15(23)6-4-14/h3-8,10,12-13,19,23H,2,9,11H2,1H3,(H,24,25)/p-1. The number of benzene rings is 1. The number of nitrogens with zero attached hydrogens (tertiary/aromatic N) is 2. The van der Waals surface area contributed by atoms with Gasteiger partial charge in [-0.2, -0.15) is 5.10 Å². The van der Waals surface area contributed by atoms with E-state index in [9.17, 15) is 13.9 Å². The molecule has 3 rings (SSSR count). The van der Waals surface area contributed by atoms with E-state index in [2.05, 4.69) is 12.0 Å². The third-order valence-corrected chi connectivity index (χ3v) is 6.94. The Morgan fingerprint density at radius 1 is 1.26 bits per heavy atom. The van der Waals surface area contributed by atoms with Crippen LogP contribution in [0, 0.1) is 5.92 Å². The van der Waals surface area contributed by atoms with Gasteiger partial charge in [-0.25, -0.2) is 4.68 Å². The van der Waals surface area contributed by atoms with E-state index in [0.717, 1.165) is 29.1 Å². The fraction of sp³-hybridized carbons (Fsp3) is 0.316. The van der Waals surface area contributed by atoms with Gasteiger partial charge in [-0.05, 0) is 65.9 Å². The summed E-state index contributed by atoms with van der Waals surface area (Å²) in [6.45, 7) is 2.12. The smallest absolute Gasteiger partial charge is 0.115 e. The van der Waals surface area contributed by atoms with Gasteiger partial charge in [0.15, 0.2) is 0 Å². The summed E-state index contributed by atoms with van der Waals surface area (Å²) in [5.41, 5.74) is 1.81. The second kappa shape index (κ2) is 9.01. The third kappa shape index (κ3) is 4.43. The molecule has 27 heavy (non-hydrogen) atoms. The average Bonchev–Trinajstić information content (AvgIpc) is 3.32. The Morgan fingerprint density at radius 2 is 2.00 bits per heavy atom. The molecule has 3 atom stereocenters. The van der Waals surface area contributed by atoms with E-state index >= 15 is 0 Å². The van der Waals surface area contributed by atoms with Crippen molar-refractivity contribution < 1.29 is 13.9 Å². The normalized spacial score (nSPS) is 14.8. The van der Waals surface area contributed by atoms with Crippen molar-refractivity contribution in [2.45, 2.75) is 29.9 Å². The molecule has 0 fully saturated rings. The molecular weight excluding hydrogens is 404 g/mol. The summed E-state index contributed by atoms with van der Waals surface area (Å²) in [6.07, 6.45) is 3.46. The number of alkyl halides is 1. The Balaban J connectivity index is 2.09. The zero-order valence-electron chi connectivity index (χ0n) is 14.7. The summed E-state index contributed by atoms with van der Waals surface area (Å²) in [6, 6.07) is 12.3. The lowest BCUT2D eigenvalue weighted by molar-refractivity contribution is 0.432. The Kier molecular flexibility index (Phi) is 6.70. The number of thiophene rings is 1. The van der Waals surface area contributed by atoms with Crippen LogP contribution < -0.4 is 0 Å². The molecule has 0 saturated carbocycles. The van der Waals surface area contributed by atoms with Gasteiger partial charge in [0.05, 0.1) is 15.6 Å². The monoisotopic (exact) mass is 423 g/mol. The molecule has 144 valence electrons. The van der Waals surface area contributed by atoms with Crippen LogP contribution in [0.1, 0.15) is 36.3 Å². The molecule has 0 spiro atoms. The van der Waals surface area contributed by atoms with Gasteiger partial charge < -0.3 is 9.66 Å². The van der Waals surface area contributed by atoms with Crippen molar-refractivity contribution >= 4 is 34.0 Å². The van der Waals surface area contributed by atoms with Gasteiger partial charge in [0.25, 0.3) is 0 Å². The van der Waals surface area contributed by atoms with Crippen LogP contribution in [0.4, 0.5) is 0 Å². The van der Waals surface area contributed by atoms with E-state index < -0.39 is 11.1 Å². The molecule has 0 amide bonds. The number of hydrogen-bond acceptors (Lipinski definition) is 5. The second-order valence-electron chi connectivity index (χ2n) is 6.20. The second-order valence-corrected chi connectivity index (χ2v) is 8.86. The highest BCUT2D eigenvalue weighted by Crippen LogP contribution is 2.40.